The smallest absolute Gasteiger partial charge is 0.335 e. The summed E-state index contributed by atoms with van der Waals surface area (Å²) in [6.07, 6.45) is 0.259. The minimum Gasteiger partial charge on any atom is -0.479 e. The number of hydrogen-bond acceptors (Lipinski definition) is 3. The molecule has 0 heterocycles. The van der Waals surface area contributed by atoms with Crippen LogP contribution in [0.4, 0.5) is 0 Å². The Morgan fingerprint density at radius 2 is 2.08 bits per heavy atom. The lowest BCUT2D eigenvalue weighted by Gasteiger charge is -2.27. The Hall–Kier alpha value is -0.610. The number of carboxylic acid groups (broad SMARTS) is 1. The fourth-order valence-corrected chi connectivity index (χ4v) is 1.03. The zero-order chi connectivity index (χ0) is 10.5. The molecule has 0 saturated heterocycles. The summed E-state index contributed by atoms with van der Waals surface area (Å²) in [7, 11) is 1.54. The van der Waals surface area contributed by atoms with Crippen molar-refractivity contribution in [1.29, 1.82) is 0 Å². The van der Waals surface area contributed by atoms with Crippen molar-refractivity contribution in [2.45, 2.75) is 38.9 Å². The largest absolute Gasteiger partial charge is 0.479 e. The van der Waals surface area contributed by atoms with Gasteiger partial charge in [-0.05, 0) is 20.8 Å². The van der Waals surface area contributed by atoms with E-state index in [9.17, 15) is 4.79 Å². The molecule has 0 aromatic heterocycles. The summed E-state index contributed by atoms with van der Waals surface area (Å²) in [5.41, 5.74) is -1.13. The van der Waals surface area contributed by atoms with Crippen molar-refractivity contribution < 1.29 is 19.4 Å². The van der Waals surface area contributed by atoms with Crippen LogP contribution < -0.4 is 0 Å². The fourth-order valence-electron chi connectivity index (χ4n) is 1.03. The van der Waals surface area contributed by atoms with E-state index < -0.39 is 11.6 Å². The molecule has 0 rings (SSSR count). The lowest BCUT2D eigenvalue weighted by molar-refractivity contribution is -0.171. The van der Waals surface area contributed by atoms with Gasteiger partial charge in [-0.1, -0.05) is 0 Å². The van der Waals surface area contributed by atoms with Crippen LogP contribution in [0.3, 0.4) is 0 Å². The Morgan fingerprint density at radius 3 is 2.38 bits per heavy atom. The van der Waals surface area contributed by atoms with Crippen LogP contribution in [0.25, 0.3) is 0 Å². The lowest BCUT2D eigenvalue weighted by Crippen LogP contribution is -2.41. The van der Waals surface area contributed by atoms with Gasteiger partial charge in [0.1, 0.15) is 0 Å². The molecule has 0 aliphatic heterocycles. The average Bonchev–Trinajstić information content (AvgIpc) is 1.99. The second-order valence-corrected chi connectivity index (χ2v) is 3.45. The van der Waals surface area contributed by atoms with Crippen molar-refractivity contribution >= 4 is 5.97 Å². The van der Waals surface area contributed by atoms with Gasteiger partial charge in [-0.25, -0.2) is 4.79 Å². The molecular weight excluding hydrogens is 172 g/mol. The van der Waals surface area contributed by atoms with E-state index in [1.165, 1.54) is 7.11 Å². The maximum Gasteiger partial charge on any atom is 0.335 e. The predicted molar refractivity (Wildman–Crippen MR) is 48.8 cm³/mol. The third-order valence-corrected chi connectivity index (χ3v) is 1.73. The molecule has 1 N–H and O–H groups in total. The molecule has 0 aromatic rings. The first kappa shape index (κ1) is 12.4. The first-order valence-corrected chi connectivity index (χ1v) is 4.32. The molecule has 0 aliphatic carbocycles. The number of rotatable bonds is 6. The fraction of sp³-hybridized carbons (Fsp3) is 0.889. The highest BCUT2D eigenvalue weighted by molar-refractivity contribution is 5.76. The molecule has 0 amide bonds. The zero-order valence-electron chi connectivity index (χ0n) is 8.66. The molecule has 0 bridgehead atoms. The quantitative estimate of drug-likeness (QED) is 0.685. The Morgan fingerprint density at radius 1 is 1.54 bits per heavy atom. The van der Waals surface area contributed by atoms with E-state index >= 15 is 0 Å². The predicted octanol–water partition coefficient (Wildman–Crippen LogP) is 1.29. The molecule has 1 atom stereocenters. The second kappa shape index (κ2) is 5.19. The van der Waals surface area contributed by atoms with Gasteiger partial charge >= 0.3 is 5.97 Å². The highest BCUT2D eigenvalue weighted by Crippen LogP contribution is 2.18. The summed E-state index contributed by atoms with van der Waals surface area (Å²) in [6, 6.07) is 0. The number of aliphatic carboxylic acids is 1. The first-order chi connectivity index (χ1) is 5.92. The molecule has 0 aliphatic rings. The van der Waals surface area contributed by atoms with Crippen molar-refractivity contribution in [2.24, 2.45) is 0 Å². The van der Waals surface area contributed by atoms with Gasteiger partial charge < -0.3 is 14.6 Å². The van der Waals surface area contributed by atoms with E-state index in [0.717, 1.165) is 0 Å². The summed E-state index contributed by atoms with van der Waals surface area (Å²) in [4.78, 5) is 10.9. The number of carbonyl (C=O) groups is 1. The van der Waals surface area contributed by atoms with Crippen LogP contribution in [0.2, 0.25) is 0 Å². The van der Waals surface area contributed by atoms with Gasteiger partial charge in [-0.2, -0.15) is 0 Å². The highest BCUT2D eigenvalue weighted by atomic mass is 16.5. The van der Waals surface area contributed by atoms with E-state index in [4.69, 9.17) is 14.6 Å². The maximum absolute atomic E-state index is 10.9. The van der Waals surface area contributed by atoms with Crippen molar-refractivity contribution in [3.05, 3.63) is 0 Å². The number of hydrogen-bond donors (Lipinski definition) is 1. The first-order valence-electron chi connectivity index (χ1n) is 4.32. The van der Waals surface area contributed by atoms with Crippen LogP contribution >= 0.6 is 0 Å². The van der Waals surface area contributed by atoms with Crippen molar-refractivity contribution in [3.8, 4) is 0 Å². The van der Waals surface area contributed by atoms with E-state index in [1.54, 1.807) is 6.92 Å². The second-order valence-electron chi connectivity index (χ2n) is 3.45. The molecule has 78 valence electrons. The monoisotopic (exact) mass is 190 g/mol. The van der Waals surface area contributed by atoms with Crippen molar-refractivity contribution in [2.75, 3.05) is 13.7 Å². The van der Waals surface area contributed by atoms with E-state index in [2.05, 4.69) is 0 Å². The standard InChI is InChI=1S/C9H18O4/c1-7(2)13-9(3,8(10)11)5-6-12-4/h7H,5-6H2,1-4H3,(H,10,11). The molecule has 0 fully saturated rings. The van der Waals surface area contributed by atoms with Gasteiger partial charge in [0.25, 0.3) is 0 Å². The van der Waals surface area contributed by atoms with Crippen molar-refractivity contribution in [1.82, 2.24) is 0 Å². The maximum atomic E-state index is 10.9. The summed E-state index contributed by atoms with van der Waals surface area (Å²) in [6.45, 7) is 5.58. The number of methoxy groups -OCH3 is 1. The highest BCUT2D eigenvalue weighted by Gasteiger charge is 2.34. The minimum atomic E-state index is -1.13. The van der Waals surface area contributed by atoms with Crippen LogP contribution in [0.1, 0.15) is 27.2 Å². The summed E-state index contributed by atoms with van der Waals surface area (Å²) in [5.74, 6) is -0.946. The van der Waals surface area contributed by atoms with Crippen LogP contribution in [-0.2, 0) is 14.3 Å². The van der Waals surface area contributed by atoms with Crippen LogP contribution in [0, 0.1) is 0 Å². The van der Waals surface area contributed by atoms with E-state index in [-0.39, 0.29) is 6.10 Å². The lowest BCUT2D eigenvalue weighted by atomic mass is 10.0. The normalized spacial score (nSPS) is 15.8. The van der Waals surface area contributed by atoms with Gasteiger partial charge in [0.05, 0.1) is 6.10 Å². The molecule has 1 unspecified atom stereocenters. The molecular formula is C9H18O4. The Bertz CT molecular complexity index is 167. The van der Waals surface area contributed by atoms with E-state index in [1.807, 2.05) is 13.8 Å². The van der Waals surface area contributed by atoms with Gasteiger partial charge in [-0.3, -0.25) is 0 Å². The molecule has 13 heavy (non-hydrogen) atoms. The third-order valence-electron chi connectivity index (χ3n) is 1.73. The van der Waals surface area contributed by atoms with E-state index in [0.29, 0.717) is 13.0 Å². The Kier molecular flexibility index (Phi) is 4.95. The van der Waals surface area contributed by atoms with Gasteiger partial charge in [0, 0.05) is 20.1 Å². The van der Waals surface area contributed by atoms with Crippen LogP contribution in [0.5, 0.6) is 0 Å². The number of carboxylic acids is 1. The molecule has 4 nitrogen and oxygen atoms in total. The van der Waals surface area contributed by atoms with Crippen LogP contribution in [0.15, 0.2) is 0 Å². The summed E-state index contributed by atoms with van der Waals surface area (Å²) < 4.78 is 10.1. The molecule has 4 heteroatoms. The Labute approximate surface area is 78.8 Å². The SMILES string of the molecule is COCCC(C)(OC(C)C)C(=O)O. The average molecular weight is 190 g/mol. The zero-order valence-corrected chi connectivity index (χ0v) is 8.66. The van der Waals surface area contributed by atoms with Gasteiger partial charge in [0.15, 0.2) is 5.60 Å². The van der Waals surface area contributed by atoms with Crippen LogP contribution in [-0.4, -0.2) is 36.5 Å². The summed E-state index contributed by atoms with van der Waals surface area (Å²) >= 11 is 0. The Balaban J connectivity index is 4.25. The molecule has 0 saturated carbocycles. The van der Waals surface area contributed by atoms with Gasteiger partial charge in [-0.15, -0.1) is 0 Å². The van der Waals surface area contributed by atoms with Crippen molar-refractivity contribution in [3.63, 3.8) is 0 Å². The topological polar surface area (TPSA) is 55.8 Å². The number of ether oxygens (including phenoxy) is 2. The van der Waals surface area contributed by atoms with Gasteiger partial charge in [0.2, 0.25) is 0 Å². The third kappa shape index (κ3) is 4.24. The summed E-state index contributed by atoms with van der Waals surface area (Å²) in [5, 5.41) is 8.93. The molecule has 0 radical (unpaired) electrons. The molecule has 0 aromatic carbocycles. The molecule has 0 spiro atoms. The minimum absolute atomic E-state index is 0.0991.